The van der Waals surface area contributed by atoms with Gasteiger partial charge in [-0.1, -0.05) is 18.0 Å². The van der Waals surface area contributed by atoms with Gasteiger partial charge in [0.25, 0.3) is 0 Å². The molecule has 8 heteroatoms. The number of rotatable bonds is 5. The van der Waals surface area contributed by atoms with Crippen LogP contribution in [0.3, 0.4) is 0 Å². The van der Waals surface area contributed by atoms with E-state index in [2.05, 4.69) is 10.6 Å². The lowest BCUT2D eigenvalue weighted by molar-refractivity contribution is -0.0135. The maximum atomic E-state index is 13.2. The van der Waals surface area contributed by atoms with Crippen LogP contribution >= 0.6 is 11.6 Å². The Balaban J connectivity index is 1.22. The Morgan fingerprint density at radius 3 is 2.26 bits per heavy atom. The molecule has 1 atom stereocenters. The Labute approximate surface area is 190 Å². The molecule has 4 aliphatic carbocycles. The van der Waals surface area contributed by atoms with Gasteiger partial charge in [-0.15, -0.1) is 0 Å². The van der Waals surface area contributed by atoms with E-state index in [9.17, 15) is 13.2 Å². The summed E-state index contributed by atoms with van der Waals surface area (Å²) in [5, 5.41) is 6.85. The first-order valence-corrected chi connectivity index (χ1v) is 13.5. The van der Waals surface area contributed by atoms with Crippen LogP contribution in [0.25, 0.3) is 0 Å². The van der Waals surface area contributed by atoms with Gasteiger partial charge >= 0.3 is 6.03 Å². The summed E-state index contributed by atoms with van der Waals surface area (Å²) < 4.78 is 28.0. The quantitative estimate of drug-likeness (QED) is 0.685. The third-order valence-electron chi connectivity index (χ3n) is 7.91. The summed E-state index contributed by atoms with van der Waals surface area (Å²) in [6.07, 6.45) is 9.88. The number of hydrogen-bond acceptors (Lipinski definition) is 3. The lowest BCUT2D eigenvalue weighted by atomic mass is 9.53. The molecule has 1 aromatic rings. The number of piperidine rings is 1. The lowest BCUT2D eigenvalue weighted by Gasteiger charge is -2.56. The molecule has 5 fully saturated rings. The minimum atomic E-state index is -3.62. The fraction of sp³-hybridized carbons (Fsp3) is 0.696. The maximum Gasteiger partial charge on any atom is 0.315 e. The molecule has 170 valence electrons. The molecule has 0 radical (unpaired) electrons. The highest BCUT2D eigenvalue weighted by Crippen LogP contribution is 2.55. The first-order valence-electron chi connectivity index (χ1n) is 11.7. The first-order chi connectivity index (χ1) is 14.8. The molecule has 0 aromatic heterocycles. The lowest BCUT2D eigenvalue weighted by Crippen LogP contribution is -2.62. The number of halogens is 1. The van der Waals surface area contributed by atoms with Crippen molar-refractivity contribution in [2.45, 2.75) is 74.3 Å². The highest BCUT2D eigenvalue weighted by molar-refractivity contribution is 7.89. The Hall–Kier alpha value is -1.31. The Bertz CT molecular complexity index is 899. The monoisotopic (exact) mass is 465 g/mol. The summed E-state index contributed by atoms with van der Waals surface area (Å²) in [6, 6.07) is 5.94. The molecule has 6 nitrogen and oxygen atoms in total. The molecule has 1 unspecified atom stereocenters. The summed E-state index contributed by atoms with van der Waals surface area (Å²) in [6.45, 7) is 0.818. The van der Waals surface area contributed by atoms with Gasteiger partial charge in [0, 0.05) is 29.7 Å². The van der Waals surface area contributed by atoms with Gasteiger partial charge in [0.1, 0.15) is 0 Å². The van der Waals surface area contributed by atoms with Crippen LogP contribution in [0.1, 0.15) is 57.8 Å². The van der Waals surface area contributed by atoms with Crippen molar-refractivity contribution < 1.29 is 13.2 Å². The third-order valence-corrected chi connectivity index (χ3v) is 10.1. The van der Waals surface area contributed by atoms with Crippen molar-refractivity contribution in [1.82, 2.24) is 14.9 Å². The number of hydrogen-bond donors (Lipinski definition) is 2. The standard InChI is InChI=1S/C23H32ClN3O3S/c24-19-4-6-21(7-5-19)31(29,30)27-8-2-1-3-20(27)15-25-22(28)26-23-12-16-9-17(13-23)11-18(10-16)14-23/h4-7,16-18,20H,1-3,8-15H2,(H2,25,26,28). The SMILES string of the molecule is O=C(NCC1CCCCN1S(=O)(=O)c1ccc(Cl)cc1)NC12CC3CC(CC(C3)C1)C2. The van der Waals surface area contributed by atoms with E-state index >= 15 is 0 Å². The summed E-state index contributed by atoms with van der Waals surface area (Å²) >= 11 is 5.93. The van der Waals surface area contributed by atoms with Crippen molar-refractivity contribution in [2.24, 2.45) is 17.8 Å². The zero-order valence-corrected chi connectivity index (χ0v) is 19.4. The second-order valence-electron chi connectivity index (χ2n) is 10.3. The summed E-state index contributed by atoms with van der Waals surface area (Å²) in [5.41, 5.74) is -0.0412. The highest BCUT2D eigenvalue weighted by Gasteiger charge is 2.51. The van der Waals surface area contributed by atoms with E-state index in [0.717, 1.165) is 56.3 Å². The van der Waals surface area contributed by atoms with Crippen LogP contribution in [-0.4, -0.2) is 43.4 Å². The topological polar surface area (TPSA) is 78.5 Å². The minimum Gasteiger partial charge on any atom is -0.337 e. The van der Waals surface area contributed by atoms with Crippen LogP contribution in [0, 0.1) is 17.8 Å². The van der Waals surface area contributed by atoms with Crippen LogP contribution in [0.4, 0.5) is 4.79 Å². The number of carbonyl (C=O) groups excluding carboxylic acids is 1. The summed E-state index contributed by atoms with van der Waals surface area (Å²) in [7, 11) is -3.62. The van der Waals surface area contributed by atoms with E-state index in [4.69, 9.17) is 11.6 Å². The van der Waals surface area contributed by atoms with Gasteiger partial charge in [-0.05, 0) is 93.4 Å². The number of urea groups is 1. The van der Waals surface area contributed by atoms with E-state index in [1.807, 2.05) is 0 Å². The molecule has 1 saturated heterocycles. The molecule has 31 heavy (non-hydrogen) atoms. The van der Waals surface area contributed by atoms with Crippen LogP contribution in [0.5, 0.6) is 0 Å². The molecule has 0 spiro atoms. The fourth-order valence-electron chi connectivity index (χ4n) is 7.00. The van der Waals surface area contributed by atoms with E-state index < -0.39 is 10.0 Å². The summed E-state index contributed by atoms with van der Waals surface area (Å²) in [5.74, 6) is 2.31. The number of nitrogens with one attached hydrogen (secondary N) is 2. The Morgan fingerprint density at radius 2 is 1.65 bits per heavy atom. The minimum absolute atomic E-state index is 0.0412. The zero-order valence-electron chi connectivity index (χ0n) is 17.9. The molecule has 6 rings (SSSR count). The average Bonchev–Trinajstić information content (AvgIpc) is 2.71. The molecule has 2 N–H and O–H groups in total. The third kappa shape index (κ3) is 4.33. The van der Waals surface area contributed by atoms with Gasteiger partial charge < -0.3 is 10.6 Å². The molecule has 4 saturated carbocycles. The van der Waals surface area contributed by atoms with Gasteiger partial charge in [0.05, 0.1) is 4.90 Å². The van der Waals surface area contributed by atoms with E-state index in [1.165, 1.54) is 19.3 Å². The second kappa shape index (κ2) is 8.23. The predicted octanol–water partition coefficient (Wildman–Crippen LogP) is 4.15. The number of sulfonamides is 1. The zero-order chi connectivity index (χ0) is 21.6. The van der Waals surface area contributed by atoms with Crippen LogP contribution in [0.15, 0.2) is 29.2 Å². The maximum absolute atomic E-state index is 13.2. The van der Waals surface area contributed by atoms with Crippen molar-refractivity contribution in [2.75, 3.05) is 13.1 Å². The van der Waals surface area contributed by atoms with Crippen LogP contribution < -0.4 is 10.6 Å². The molecule has 1 aliphatic heterocycles. The van der Waals surface area contributed by atoms with Crippen molar-refractivity contribution in [1.29, 1.82) is 0 Å². The molecule has 1 heterocycles. The molecular weight excluding hydrogens is 434 g/mol. The average molecular weight is 466 g/mol. The van der Waals surface area contributed by atoms with Gasteiger partial charge in [0.15, 0.2) is 0 Å². The summed E-state index contributed by atoms with van der Waals surface area (Å²) in [4.78, 5) is 13.1. The highest BCUT2D eigenvalue weighted by atomic mass is 35.5. The molecule has 4 bridgehead atoms. The number of nitrogens with zero attached hydrogens (tertiary/aromatic N) is 1. The number of carbonyl (C=O) groups is 1. The van der Waals surface area contributed by atoms with Gasteiger partial charge in [-0.25, -0.2) is 13.2 Å². The van der Waals surface area contributed by atoms with E-state index in [0.29, 0.717) is 18.1 Å². The predicted molar refractivity (Wildman–Crippen MR) is 120 cm³/mol. The Morgan fingerprint density at radius 1 is 1.03 bits per heavy atom. The molecule has 1 aromatic carbocycles. The van der Waals surface area contributed by atoms with Gasteiger partial charge in [-0.3, -0.25) is 0 Å². The van der Waals surface area contributed by atoms with Crippen molar-refractivity contribution in [3.8, 4) is 0 Å². The number of amides is 2. The molecular formula is C23H32ClN3O3S. The fourth-order valence-corrected chi connectivity index (χ4v) is 8.81. The van der Waals surface area contributed by atoms with Gasteiger partial charge in [-0.2, -0.15) is 4.31 Å². The normalized spacial score (nSPS) is 35.1. The van der Waals surface area contributed by atoms with Crippen molar-refractivity contribution >= 4 is 27.7 Å². The Kier molecular flexibility index (Phi) is 5.72. The molecule has 5 aliphatic rings. The molecule has 2 amide bonds. The van der Waals surface area contributed by atoms with E-state index in [-0.39, 0.29) is 22.5 Å². The van der Waals surface area contributed by atoms with Crippen molar-refractivity contribution in [3.05, 3.63) is 29.3 Å². The van der Waals surface area contributed by atoms with Crippen molar-refractivity contribution in [3.63, 3.8) is 0 Å². The van der Waals surface area contributed by atoms with Crippen LogP contribution in [0.2, 0.25) is 5.02 Å². The first kappa shape index (κ1) is 21.5. The van der Waals surface area contributed by atoms with Gasteiger partial charge in [0.2, 0.25) is 10.0 Å². The smallest absolute Gasteiger partial charge is 0.315 e. The largest absolute Gasteiger partial charge is 0.337 e. The number of benzene rings is 1. The van der Waals surface area contributed by atoms with E-state index in [1.54, 1.807) is 28.6 Å². The second-order valence-corrected chi connectivity index (χ2v) is 12.6. The van der Waals surface area contributed by atoms with Crippen LogP contribution in [-0.2, 0) is 10.0 Å².